The first kappa shape index (κ1) is 16.6. The predicted octanol–water partition coefficient (Wildman–Crippen LogP) is 3.10. The Balaban J connectivity index is 1.65. The summed E-state index contributed by atoms with van der Waals surface area (Å²) < 4.78 is 38.4. The third kappa shape index (κ3) is 3.30. The molecule has 1 saturated heterocycles. The number of para-hydroxylation sites is 1. The highest BCUT2D eigenvalue weighted by Gasteiger charge is 2.47. The first-order valence-electron chi connectivity index (χ1n) is 8.02. The second kappa shape index (κ2) is 6.46. The van der Waals surface area contributed by atoms with Gasteiger partial charge in [-0.25, -0.2) is 12.8 Å². The van der Waals surface area contributed by atoms with Crippen molar-refractivity contribution >= 4 is 32.5 Å². The lowest BCUT2D eigenvalue weighted by atomic mass is 10.1. The summed E-state index contributed by atoms with van der Waals surface area (Å²) in [6.45, 7) is 0. The average Bonchev–Trinajstić information content (AvgIpc) is 3.06. The Morgan fingerprint density at radius 1 is 1.08 bits per heavy atom. The molecule has 2 aromatic rings. The Hall–Kier alpha value is -1.86. The predicted molar refractivity (Wildman–Crippen MR) is 100 cm³/mol. The molecule has 0 N–H and O–H groups in total. The maximum Gasteiger partial charge on any atom is 0.164 e. The lowest BCUT2D eigenvalue weighted by Gasteiger charge is -2.26. The summed E-state index contributed by atoms with van der Waals surface area (Å²) in [4.78, 5) is 6.40. The highest BCUT2D eigenvalue weighted by molar-refractivity contribution is 8.13. The maximum atomic E-state index is 14.4. The van der Waals surface area contributed by atoms with Crippen LogP contribution in [0.2, 0.25) is 0 Å². The molecular formula is C18H17FN2O2S2. The third-order valence-corrected chi connectivity index (χ3v) is 7.17. The second-order valence-electron chi connectivity index (χ2n) is 6.22. The molecule has 2 aromatic carbocycles. The Bertz CT molecular complexity index is 916. The van der Waals surface area contributed by atoms with Crippen molar-refractivity contribution in [2.45, 2.75) is 17.8 Å². The second-order valence-corrected chi connectivity index (χ2v) is 9.32. The van der Waals surface area contributed by atoms with E-state index in [1.807, 2.05) is 30.3 Å². The van der Waals surface area contributed by atoms with E-state index in [0.717, 1.165) is 5.56 Å². The van der Waals surface area contributed by atoms with Gasteiger partial charge in [0.1, 0.15) is 5.82 Å². The average molecular weight is 376 g/mol. The molecule has 4 nitrogen and oxygen atoms in total. The van der Waals surface area contributed by atoms with E-state index in [0.29, 0.717) is 16.6 Å². The molecule has 0 amide bonds. The molecule has 25 heavy (non-hydrogen) atoms. The first-order valence-corrected chi connectivity index (χ1v) is 10.8. The number of hydrogen-bond donors (Lipinski definition) is 0. The molecule has 2 atom stereocenters. The highest BCUT2D eigenvalue weighted by atomic mass is 32.2. The smallest absolute Gasteiger partial charge is 0.164 e. The van der Waals surface area contributed by atoms with Crippen molar-refractivity contribution in [3.05, 3.63) is 66.0 Å². The summed E-state index contributed by atoms with van der Waals surface area (Å²) in [5.74, 6) is 0.403. The molecule has 2 aliphatic rings. The van der Waals surface area contributed by atoms with Crippen LogP contribution in [0.3, 0.4) is 0 Å². The number of nitrogens with zero attached hydrogens (tertiary/aromatic N) is 2. The van der Waals surface area contributed by atoms with Gasteiger partial charge in [0.15, 0.2) is 15.0 Å². The number of sulfone groups is 1. The van der Waals surface area contributed by atoms with Gasteiger partial charge in [-0.05, 0) is 17.7 Å². The normalized spacial score (nSPS) is 24.2. The van der Waals surface area contributed by atoms with Crippen molar-refractivity contribution in [3.8, 4) is 0 Å². The van der Waals surface area contributed by atoms with E-state index >= 15 is 0 Å². The van der Waals surface area contributed by atoms with Gasteiger partial charge in [0, 0.05) is 5.75 Å². The molecule has 0 aromatic heterocycles. The SMILES string of the molecule is O=S1(=O)C[C@@H]2N=C(SCc3ccccc3)N(c3ccccc3F)[C@H]2C1. The number of amidine groups is 1. The molecule has 0 unspecified atom stereocenters. The molecule has 4 rings (SSSR count). The summed E-state index contributed by atoms with van der Waals surface area (Å²) in [5.41, 5.74) is 1.54. The van der Waals surface area contributed by atoms with Crippen molar-refractivity contribution in [1.29, 1.82) is 0 Å². The van der Waals surface area contributed by atoms with Crippen molar-refractivity contribution < 1.29 is 12.8 Å². The van der Waals surface area contributed by atoms with Gasteiger partial charge in [-0.1, -0.05) is 54.2 Å². The van der Waals surface area contributed by atoms with E-state index in [-0.39, 0.29) is 29.4 Å². The van der Waals surface area contributed by atoms with E-state index < -0.39 is 9.84 Å². The zero-order valence-corrected chi connectivity index (χ0v) is 15.0. The van der Waals surface area contributed by atoms with Crippen LogP contribution in [0.25, 0.3) is 0 Å². The Kier molecular flexibility index (Phi) is 4.29. The van der Waals surface area contributed by atoms with E-state index in [1.165, 1.54) is 17.8 Å². The van der Waals surface area contributed by atoms with Gasteiger partial charge in [0.25, 0.3) is 0 Å². The molecule has 0 spiro atoms. The van der Waals surface area contributed by atoms with Gasteiger partial charge in [0.2, 0.25) is 0 Å². The van der Waals surface area contributed by atoms with E-state index in [9.17, 15) is 12.8 Å². The third-order valence-electron chi connectivity index (χ3n) is 4.43. The van der Waals surface area contributed by atoms with Crippen molar-refractivity contribution in [3.63, 3.8) is 0 Å². The van der Waals surface area contributed by atoms with Gasteiger partial charge in [0.05, 0.1) is 29.3 Å². The Morgan fingerprint density at radius 3 is 2.56 bits per heavy atom. The van der Waals surface area contributed by atoms with Crippen LogP contribution in [0.4, 0.5) is 10.1 Å². The van der Waals surface area contributed by atoms with E-state index in [2.05, 4.69) is 4.99 Å². The molecular weight excluding hydrogens is 359 g/mol. The first-order chi connectivity index (χ1) is 12.0. The summed E-state index contributed by atoms with van der Waals surface area (Å²) in [7, 11) is -3.13. The Morgan fingerprint density at radius 2 is 1.80 bits per heavy atom. The van der Waals surface area contributed by atoms with Gasteiger partial charge in [-0.2, -0.15) is 0 Å². The van der Waals surface area contributed by atoms with Crippen LogP contribution >= 0.6 is 11.8 Å². The molecule has 1 fully saturated rings. The standard InChI is InChI=1S/C18H17FN2O2S2/c19-14-8-4-5-9-16(14)21-17-12-25(22,23)11-15(17)20-18(21)24-10-13-6-2-1-3-7-13/h1-9,15,17H,10-12H2/t15-,17-/m0/s1. The van der Waals surface area contributed by atoms with Gasteiger partial charge < -0.3 is 4.90 Å². The van der Waals surface area contributed by atoms with Crippen LogP contribution in [-0.4, -0.2) is 37.2 Å². The number of benzene rings is 2. The molecule has 0 saturated carbocycles. The molecule has 7 heteroatoms. The quantitative estimate of drug-likeness (QED) is 0.826. The topological polar surface area (TPSA) is 49.7 Å². The van der Waals surface area contributed by atoms with Crippen LogP contribution < -0.4 is 4.90 Å². The fourth-order valence-corrected chi connectivity index (χ4v) is 6.20. The summed E-state index contributed by atoms with van der Waals surface area (Å²) in [6, 6.07) is 15.8. The number of anilines is 1. The van der Waals surface area contributed by atoms with Crippen LogP contribution in [0.15, 0.2) is 59.6 Å². The number of fused-ring (bicyclic) bond motifs is 1. The van der Waals surface area contributed by atoms with Gasteiger partial charge in [-0.3, -0.25) is 4.99 Å². The zero-order chi connectivity index (χ0) is 17.4. The van der Waals surface area contributed by atoms with Crippen molar-refractivity contribution in [2.24, 2.45) is 4.99 Å². The molecule has 0 radical (unpaired) electrons. The number of hydrogen-bond acceptors (Lipinski definition) is 5. The number of halogens is 1. The monoisotopic (exact) mass is 376 g/mol. The minimum atomic E-state index is -3.13. The molecule has 0 aliphatic carbocycles. The molecule has 0 bridgehead atoms. The van der Waals surface area contributed by atoms with Crippen LogP contribution in [0.1, 0.15) is 5.56 Å². The van der Waals surface area contributed by atoms with Crippen LogP contribution in [0.5, 0.6) is 0 Å². The molecule has 2 aliphatic heterocycles. The van der Waals surface area contributed by atoms with E-state index in [4.69, 9.17) is 0 Å². The van der Waals surface area contributed by atoms with Gasteiger partial charge in [-0.15, -0.1) is 0 Å². The summed E-state index contributed by atoms with van der Waals surface area (Å²) >= 11 is 1.52. The lowest BCUT2D eigenvalue weighted by molar-refractivity contribution is 0.600. The fraction of sp³-hybridized carbons (Fsp3) is 0.278. The zero-order valence-electron chi connectivity index (χ0n) is 13.4. The van der Waals surface area contributed by atoms with Crippen LogP contribution in [-0.2, 0) is 15.6 Å². The lowest BCUT2D eigenvalue weighted by Crippen LogP contribution is -2.39. The number of aliphatic imine (C=N–C) groups is 1. The fourth-order valence-electron chi connectivity index (χ4n) is 3.28. The molecule has 2 heterocycles. The van der Waals surface area contributed by atoms with Crippen molar-refractivity contribution in [2.75, 3.05) is 16.4 Å². The maximum absolute atomic E-state index is 14.4. The highest BCUT2D eigenvalue weighted by Crippen LogP contribution is 2.36. The van der Waals surface area contributed by atoms with Crippen molar-refractivity contribution in [1.82, 2.24) is 0 Å². The minimum Gasteiger partial charge on any atom is -0.312 e. The van der Waals surface area contributed by atoms with E-state index in [1.54, 1.807) is 23.1 Å². The van der Waals surface area contributed by atoms with Crippen LogP contribution in [0, 0.1) is 5.82 Å². The largest absolute Gasteiger partial charge is 0.312 e. The summed E-state index contributed by atoms with van der Waals surface area (Å²) in [6.07, 6.45) is 0. The van der Waals surface area contributed by atoms with Gasteiger partial charge >= 0.3 is 0 Å². The minimum absolute atomic E-state index is 0.0187. The number of rotatable bonds is 3. The summed E-state index contributed by atoms with van der Waals surface area (Å²) in [5, 5.41) is 0.693. The Labute approximate surface area is 150 Å². The molecule has 130 valence electrons. The number of thioether (sulfide) groups is 1.